The molecule has 1 aliphatic heterocycles. The Morgan fingerprint density at radius 2 is 2.17 bits per heavy atom. The molecule has 2 aromatic heterocycles. The minimum Gasteiger partial charge on any atom is -0.311 e. The van der Waals surface area contributed by atoms with Crippen LogP contribution in [0.3, 0.4) is 0 Å². The van der Waals surface area contributed by atoms with E-state index < -0.39 is 0 Å². The number of hydrogen-bond acceptors (Lipinski definition) is 4. The van der Waals surface area contributed by atoms with Crippen LogP contribution in [0.5, 0.6) is 0 Å². The highest BCUT2D eigenvalue weighted by Gasteiger charge is 2.16. The molecule has 0 bridgehead atoms. The molecule has 24 heavy (non-hydrogen) atoms. The Labute approximate surface area is 151 Å². The van der Waals surface area contributed by atoms with Gasteiger partial charge >= 0.3 is 0 Å². The summed E-state index contributed by atoms with van der Waals surface area (Å²) in [5.74, 6) is 0.892. The maximum atomic E-state index is 4.77. The van der Waals surface area contributed by atoms with Gasteiger partial charge in [0.25, 0.3) is 0 Å². The van der Waals surface area contributed by atoms with Gasteiger partial charge in [0.2, 0.25) is 0 Å². The molecule has 0 unspecified atom stereocenters. The maximum absolute atomic E-state index is 4.77. The number of aryl methyl sites for hydroxylation is 1. The third kappa shape index (κ3) is 3.22. The van der Waals surface area contributed by atoms with Crippen LogP contribution in [0.1, 0.15) is 12.1 Å². The summed E-state index contributed by atoms with van der Waals surface area (Å²) in [5, 5.41) is 8.20. The lowest BCUT2D eigenvalue weighted by Gasteiger charge is -2.07. The normalized spacial score (nSPS) is 13.9. The van der Waals surface area contributed by atoms with Crippen molar-refractivity contribution in [1.82, 2.24) is 24.6 Å². The number of benzene rings is 1. The number of nitrogens with one attached hydrogen (secondary N) is 1. The van der Waals surface area contributed by atoms with Gasteiger partial charge < -0.3 is 5.32 Å². The predicted octanol–water partition coefficient (Wildman–Crippen LogP) is 3.37. The van der Waals surface area contributed by atoms with Crippen LogP contribution in [0.25, 0.3) is 17.2 Å². The van der Waals surface area contributed by atoms with Crippen LogP contribution in [0.2, 0.25) is 0 Å². The third-order valence-corrected chi connectivity index (χ3v) is 4.82. The number of halogens is 1. The van der Waals surface area contributed by atoms with Gasteiger partial charge in [-0.2, -0.15) is 5.10 Å². The molecule has 0 radical (unpaired) electrons. The summed E-state index contributed by atoms with van der Waals surface area (Å²) in [7, 11) is 0. The van der Waals surface area contributed by atoms with E-state index in [-0.39, 0.29) is 12.4 Å². The molecule has 5 nitrogen and oxygen atoms in total. The Hall–Kier alpha value is -1.76. The van der Waals surface area contributed by atoms with E-state index in [4.69, 9.17) is 5.10 Å². The lowest BCUT2D eigenvalue weighted by atomic mass is 10.3. The zero-order valence-corrected chi connectivity index (χ0v) is 15.1. The molecule has 7 heteroatoms. The standard InChI is InChI=1S/C17H19N5S.ClH/c1-23-15-5-2-4-13(10-15)21-9-7-19-17(21)16-11-14-12-18-6-3-8-22(14)20-16;/h2,4-5,7,9-11,18H,3,6,8,12H2,1H3;1H. The molecule has 0 saturated heterocycles. The lowest BCUT2D eigenvalue weighted by Crippen LogP contribution is -2.11. The monoisotopic (exact) mass is 361 g/mol. The first kappa shape index (κ1) is 17.1. The van der Waals surface area contributed by atoms with Crippen molar-refractivity contribution < 1.29 is 0 Å². The molecule has 4 rings (SSSR count). The fourth-order valence-corrected chi connectivity index (χ4v) is 3.39. The Kier molecular flexibility index (Phi) is 5.28. The van der Waals surface area contributed by atoms with Gasteiger partial charge in [-0.05, 0) is 43.5 Å². The van der Waals surface area contributed by atoms with E-state index in [2.05, 4.69) is 56.1 Å². The Morgan fingerprint density at radius 1 is 1.25 bits per heavy atom. The molecule has 0 spiro atoms. The summed E-state index contributed by atoms with van der Waals surface area (Å²) in [4.78, 5) is 5.79. The van der Waals surface area contributed by atoms with Gasteiger partial charge in [-0.25, -0.2) is 4.98 Å². The zero-order chi connectivity index (χ0) is 15.6. The molecule has 1 N–H and O–H groups in total. The van der Waals surface area contributed by atoms with Gasteiger partial charge in [-0.15, -0.1) is 24.2 Å². The number of hydrogen-bond donors (Lipinski definition) is 1. The zero-order valence-electron chi connectivity index (χ0n) is 13.5. The number of thioether (sulfide) groups is 1. The van der Waals surface area contributed by atoms with E-state index >= 15 is 0 Å². The van der Waals surface area contributed by atoms with E-state index in [0.717, 1.165) is 43.3 Å². The topological polar surface area (TPSA) is 47.7 Å². The number of rotatable bonds is 3. The van der Waals surface area contributed by atoms with Crippen molar-refractivity contribution in [3.8, 4) is 17.2 Å². The molecular weight excluding hydrogens is 342 g/mol. The van der Waals surface area contributed by atoms with Gasteiger partial charge in [0.1, 0.15) is 5.69 Å². The SMILES string of the molecule is CSc1cccc(-n2ccnc2-c2cc3n(n2)CCCNC3)c1.Cl. The van der Waals surface area contributed by atoms with Gasteiger partial charge in [0.15, 0.2) is 5.82 Å². The first-order valence-electron chi connectivity index (χ1n) is 7.81. The smallest absolute Gasteiger partial charge is 0.165 e. The molecule has 3 heterocycles. The molecule has 1 aromatic carbocycles. The number of nitrogens with zero attached hydrogens (tertiary/aromatic N) is 4. The summed E-state index contributed by atoms with van der Waals surface area (Å²) in [6.45, 7) is 2.88. The average molecular weight is 362 g/mol. The second-order valence-corrected chi connectivity index (χ2v) is 6.48. The molecule has 0 saturated carbocycles. The molecule has 0 aliphatic carbocycles. The van der Waals surface area contributed by atoms with E-state index in [9.17, 15) is 0 Å². The first-order valence-corrected chi connectivity index (χ1v) is 9.03. The van der Waals surface area contributed by atoms with Crippen LogP contribution in [-0.2, 0) is 13.1 Å². The lowest BCUT2D eigenvalue weighted by molar-refractivity contribution is 0.588. The Balaban J connectivity index is 0.00000169. The van der Waals surface area contributed by atoms with Crippen LogP contribution in [0, 0.1) is 0 Å². The van der Waals surface area contributed by atoms with Crippen LogP contribution < -0.4 is 5.32 Å². The summed E-state index contributed by atoms with van der Waals surface area (Å²) in [6, 6.07) is 10.6. The van der Waals surface area contributed by atoms with E-state index in [1.807, 2.05) is 12.4 Å². The predicted molar refractivity (Wildman–Crippen MR) is 100 cm³/mol. The van der Waals surface area contributed by atoms with Crippen molar-refractivity contribution >= 4 is 24.2 Å². The average Bonchev–Trinajstić information content (AvgIpc) is 3.17. The number of imidazole rings is 1. The molecular formula is C17H20ClN5S. The molecule has 1 aliphatic rings. The summed E-state index contributed by atoms with van der Waals surface area (Å²) < 4.78 is 4.21. The largest absolute Gasteiger partial charge is 0.311 e. The van der Waals surface area contributed by atoms with Gasteiger partial charge in [0, 0.05) is 36.1 Å². The van der Waals surface area contributed by atoms with Crippen molar-refractivity contribution in [3.63, 3.8) is 0 Å². The maximum Gasteiger partial charge on any atom is 0.165 e. The van der Waals surface area contributed by atoms with Crippen molar-refractivity contribution in [1.29, 1.82) is 0 Å². The van der Waals surface area contributed by atoms with Gasteiger partial charge in [0.05, 0.1) is 5.69 Å². The molecule has 0 amide bonds. The van der Waals surface area contributed by atoms with E-state index in [0.29, 0.717) is 0 Å². The fourth-order valence-electron chi connectivity index (χ4n) is 2.93. The summed E-state index contributed by atoms with van der Waals surface area (Å²) in [5.41, 5.74) is 3.28. The van der Waals surface area contributed by atoms with Crippen LogP contribution in [0.15, 0.2) is 47.6 Å². The van der Waals surface area contributed by atoms with Crippen LogP contribution >= 0.6 is 24.2 Å². The number of aromatic nitrogens is 4. The summed E-state index contributed by atoms with van der Waals surface area (Å²) >= 11 is 1.74. The van der Waals surface area contributed by atoms with Crippen molar-refractivity contribution in [2.75, 3.05) is 12.8 Å². The van der Waals surface area contributed by atoms with Crippen molar-refractivity contribution in [2.24, 2.45) is 0 Å². The summed E-state index contributed by atoms with van der Waals surface area (Å²) in [6.07, 6.45) is 7.03. The first-order chi connectivity index (χ1) is 11.3. The minimum atomic E-state index is 0. The van der Waals surface area contributed by atoms with E-state index in [1.54, 1.807) is 11.8 Å². The fraction of sp³-hybridized carbons (Fsp3) is 0.294. The Morgan fingerprint density at radius 3 is 3.04 bits per heavy atom. The van der Waals surface area contributed by atoms with Crippen LogP contribution in [0.4, 0.5) is 0 Å². The van der Waals surface area contributed by atoms with Gasteiger partial charge in [-0.1, -0.05) is 6.07 Å². The quantitative estimate of drug-likeness (QED) is 0.726. The van der Waals surface area contributed by atoms with Crippen LogP contribution in [-0.4, -0.2) is 32.1 Å². The van der Waals surface area contributed by atoms with Crippen molar-refractivity contribution in [3.05, 3.63) is 48.4 Å². The van der Waals surface area contributed by atoms with Crippen molar-refractivity contribution in [2.45, 2.75) is 24.4 Å². The highest BCUT2D eigenvalue weighted by Crippen LogP contribution is 2.24. The highest BCUT2D eigenvalue weighted by molar-refractivity contribution is 7.98. The second-order valence-electron chi connectivity index (χ2n) is 5.60. The third-order valence-electron chi connectivity index (χ3n) is 4.09. The highest BCUT2D eigenvalue weighted by atomic mass is 35.5. The molecule has 0 atom stereocenters. The van der Waals surface area contributed by atoms with E-state index in [1.165, 1.54) is 10.6 Å². The number of fused-ring (bicyclic) bond motifs is 1. The molecule has 0 fully saturated rings. The minimum absolute atomic E-state index is 0. The molecule has 3 aromatic rings. The second kappa shape index (κ2) is 7.42. The van der Waals surface area contributed by atoms with Gasteiger partial charge in [-0.3, -0.25) is 9.25 Å². The Bertz CT molecular complexity index is 803. The molecule has 126 valence electrons.